The van der Waals surface area contributed by atoms with Crippen molar-refractivity contribution in [3.8, 4) is 0 Å². The Hall–Kier alpha value is -2.16. The average molecular weight is 523 g/mol. The summed E-state index contributed by atoms with van der Waals surface area (Å²) < 4.78 is 16.8. The average Bonchev–Trinajstić information content (AvgIpc) is 3.15. The molecule has 5 fully saturated rings. The van der Waals surface area contributed by atoms with Crippen molar-refractivity contribution in [2.24, 2.45) is 28.1 Å². The van der Waals surface area contributed by atoms with E-state index in [1.807, 2.05) is 6.92 Å². The van der Waals surface area contributed by atoms with Gasteiger partial charge in [-0.2, -0.15) is 0 Å². The van der Waals surface area contributed by atoms with Gasteiger partial charge in [-0.15, -0.1) is 0 Å². The molecule has 1 heterocycles. The first kappa shape index (κ1) is 27.9. The second-order valence-corrected chi connectivity index (χ2v) is 13.7. The molecule has 2 N–H and O–H groups in total. The van der Waals surface area contributed by atoms with Gasteiger partial charge in [-0.1, -0.05) is 6.92 Å². The third-order valence-corrected chi connectivity index (χ3v) is 9.34. The van der Waals surface area contributed by atoms with E-state index in [0.29, 0.717) is 24.7 Å². The van der Waals surface area contributed by atoms with Crippen molar-refractivity contribution < 1.29 is 43.6 Å². The molecule has 1 saturated heterocycles. The predicted octanol–water partition coefficient (Wildman–Crippen LogP) is 3.79. The Balaban J connectivity index is 1.56. The van der Waals surface area contributed by atoms with Crippen LogP contribution in [-0.2, 0) is 33.4 Å². The van der Waals surface area contributed by atoms with Crippen LogP contribution in [0.3, 0.4) is 0 Å². The standard InChI is InChI=1S/C28H42O9/c1-6-25(4,23(33)37-28-11-17-7-18(12-28)10-27(34,9-17)16-28)15-26(5,14-24(2,3)21(30)31)22(32)36-19-8-20(29)35-13-19/h17-19,34H,6-16H2,1-5H3,(H,30,31). The maximum absolute atomic E-state index is 13.8. The molecule has 5 atom stereocenters. The van der Waals surface area contributed by atoms with E-state index < -0.39 is 57.4 Å². The Morgan fingerprint density at radius 2 is 1.62 bits per heavy atom. The number of hydrogen-bond donors (Lipinski definition) is 2. The highest BCUT2D eigenvalue weighted by Gasteiger charge is 2.60. The summed E-state index contributed by atoms with van der Waals surface area (Å²) in [6, 6.07) is 0. The molecule has 37 heavy (non-hydrogen) atoms. The molecular weight excluding hydrogens is 480 g/mol. The van der Waals surface area contributed by atoms with E-state index in [1.165, 1.54) is 0 Å². The van der Waals surface area contributed by atoms with Crippen molar-refractivity contribution in [3.05, 3.63) is 0 Å². The van der Waals surface area contributed by atoms with Gasteiger partial charge >= 0.3 is 23.9 Å². The van der Waals surface area contributed by atoms with Crippen molar-refractivity contribution in [2.75, 3.05) is 6.61 Å². The fraction of sp³-hybridized carbons (Fsp3) is 0.857. The Morgan fingerprint density at radius 3 is 2.11 bits per heavy atom. The van der Waals surface area contributed by atoms with Crippen LogP contribution in [0.2, 0.25) is 0 Å². The lowest BCUT2D eigenvalue weighted by Gasteiger charge is -2.59. The lowest BCUT2D eigenvalue weighted by molar-refractivity contribution is -0.227. The van der Waals surface area contributed by atoms with Crippen LogP contribution in [0.4, 0.5) is 0 Å². The largest absolute Gasteiger partial charge is 0.481 e. The Kier molecular flexibility index (Phi) is 6.96. The molecule has 0 aromatic carbocycles. The summed E-state index contributed by atoms with van der Waals surface area (Å²) in [6.07, 6.45) is 4.08. The molecule has 4 bridgehead atoms. The zero-order valence-electron chi connectivity index (χ0n) is 22.8. The molecule has 5 unspecified atom stereocenters. The highest BCUT2D eigenvalue weighted by Crippen LogP contribution is 2.59. The zero-order valence-corrected chi connectivity index (χ0v) is 22.8. The number of esters is 3. The summed E-state index contributed by atoms with van der Waals surface area (Å²) in [5, 5.41) is 20.9. The molecule has 0 aromatic heterocycles. The maximum Gasteiger partial charge on any atom is 0.312 e. The topological polar surface area (TPSA) is 136 Å². The van der Waals surface area contributed by atoms with E-state index in [0.717, 1.165) is 32.1 Å². The van der Waals surface area contributed by atoms with Crippen LogP contribution >= 0.6 is 0 Å². The number of carbonyl (C=O) groups excluding carboxylic acids is 3. The third kappa shape index (κ3) is 5.52. The van der Waals surface area contributed by atoms with Gasteiger partial charge in [-0.3, -0.25) is 19.2 Å². The molecule has 0 amide bonds. The van der Waals surface area contributed by atoms with Gasteiger partial charge in [0.05, 0.1) is 28.3 Å². The van der Waals surface area contributed by atoms with Gasteiger partial charge in [-0.25, -0.2) is 0 Å². The van der Waals surface area contributed by atoms with Crippen LogP contribution in [0.25, 0.3) is 0 Å². The number of carboxylic acid groups (broad SMARTS) is 1. The number of ether oxygens (including phenoxy) is 3. The first-order chi connectivity index (χ1) is 17.0. The third-order valence-electron chi connectivity index (χ3n) is 9.34. The summed E-state index contributed by atoms with van der Waals surface area (Å²) in [7, 11) is 0. The summed E-state index contributed by atoms with van der Waals surface area (Å²) >= 11 is 0. The molecule has 0 spiro atoms. The van der Waals surface area contributed by atoms with Crippen molar-refractivity contribution in [2.45, 2.75) is 116 Å². The number of cyclic esters (lactones) is 1. The molecule has 5 rings (SSSR count). The number of carbonyl (C=O) groups is 4. The monoisotopic (exact) mass is 522 g/mol. The van der Waals surface area contributed by atoms with Gasteiger partial charge < -0.3 is 24.4 Å². The lowest BCUT2D eigenvalue weighted by Crippen LogP contribution is -2.61. The molecule has 0 aromatic rings. The number of hydrogen-bond acceptors (Lipinski definition) is 8. The first-order valence-corrected chi connectivity index (χ1v) is 13.6. The van der Waals surface area contributed by atoms with Gasteiger partial charge in [0.25, 0.3) is 0 Å². The van der Waals surface area contributed by atoms with E-state index >= 15 is 0 Å². The first-order valence-electron chi connectivity index (χ1n) is 13.6. The SMILES string of the molecule is CCC(C)(CC(C)(CC(C)(C)C(=O)O)C(=O)OC1COC(=O)C1)C(=O)OC12CC3CC(CC(O)(C3)C1)C2. The fourth-order valence-corrected chi connectivity index (χ4v) is 7.89. The van der Waals surface area contributed by atoms with Crippen molar-refractivity contribution in [3.63, 3.8) is 0 Å². The molecule has 4 aliphatic carbocycles. The Labute approximate surface area is 218 Å². The molecule has 5 aliphatic rings. The molecule has 208 valence electrons. The van der Waals surface area contributed by atoms with Gasteiger partial charge in [0, 0.05) is 6.42 Å². The van der Waals surface area contributed by atoms with Crippen LogP contribution in [0, 0.1) is 28.1 Å². The van der Waals surface area contributed by atoms with Crippen LogP contribution in [0.15, 0.2) is 0 Å². The minimum Gasteiger partial charge on any atom is -0.481 e. The normalized spacial score (nSPS) is 35.8. The highest BCUT2D eigenvalue weighted by atomic mass is 16.6. The van der Waals surface area contributed by atoms with E-state index in [1.54, 1.807) is 27.7 Å². The van der Waals surface area contributed by atoms with Crippen molar-refractivity contribution >= 4 is 23.9 Å². The van der Waals surface area contributed by atoms with Crippen molar-refractivity contribution in [1.29, 1.82) is 0 Å². The van der Waals surface area contributed by atoms with E-state index in [-0.39, 0.29) is 25.9 Å². The number of rotatable bonds is 10. The zero-order chi connectivity index (χ0) is 27.4. The minimum atomic E-state index is -1.34. The summed E-state index contributed by atoms with van der Waals surface area (Å²) in [5.74, 6) is -1.90. The second-order valence-electron chi connectivity index (χ2n) is 13.7. The second kappa shape index (κ2) is 9.24. The number of aliphatic hydroxyl groups is 1. The number of carboxylic acids is 1. The predicted molar refractivity (Wildman–Crippen MR) is 131 cm³/mol. The van der Waals surface area contributed by atoms with Crippen LogP contribution < -0.4 is 0 Å². The maximum atomic E-state index is 13.8. The van der Waals surface area contributed by atoms with Gasteiger partial charge in [0.2, 0.25) is 0 Å². The van der Waals surface area contributed by atoms with Gasteiger partial charge in [0.15, 0.2) is 0 Å². The molecule has 9 heteroatoms. The molecule has 0 radical (unpaired) electrons. The highest BCUT2D eigenvalue weighted by molar-refractivity contribution is 5.83. The summed E-state index contributed by atoms with van der Waals surface area (Å²) in [6.45, 7) is 8.29. The summed E-state index contributed by atoms with van der Waals surface area (Å²) in [4.78, 5) is 50.9. The van der Waals surface area contributed by atoms with Crippen LogP contribution in [-0.4, -0.2) is 58.0 Å². The van der Waals surface area contributed by atoms with Gasteiger partial charge in [0.1, 0.15) is 18.3 Å². The molecule has 1 aliphatic heterocycles. The molecule has 9 nitrogen and oxygen atoms in total. The van der Waals surface area contributed by atoms with E-state index in [9.17, 15) is 29.4 Å². The Bertz CT molecular complexity index is 957. The van der Waals surface area contributed by atoms with Gasteiger partial charge in [-0.05, 0) is 90.9 Å². The van der Waals surface area contributed by atoms with Crippen molar-refractivity contribution in [1.82, 2.24) is 0 Å². The quantitative estimate of drug-likeness (QED) is 0.324. The minimum absolute atomic E-state index is 0.0274. The molecule has 4 saturated carbocycles. The number of aliphatic carboxylic acids is 1. The van der Waals surface area contributed by atoms with Crippen LogP contribution in [0.1, 0.15) is 98.8 Å². The molecular formula is C28H42O9. The lowest BCUT2D eigenvalue weighted by atomic mass is 9.52. The smallest absolute Gasteiger partial charge is 0.312 e. The van der Waals surface area contributed by atoms with E-state index in [2.05, 4.69) is 0 Å². The Morgan fingerprint density at radius 1 is 1.00 bits per heavy atom. The fourth-order valence-electron chi connectivity index (χ4n) is 7.89. The van der Waals surface area contributed by atoms with Crippen LogP contribution in [0.5, 0.6) is 0 Å². The van der Waals surface area contributed by atoms with E-state index in [4.69, 9.17) is 14.2 Å². The summed E-state index contributed by atoms with van der Waals surface area (Å²) in [5.41, 5.74) is -5.16.